The summed E-state index contributed by atoms with van der Waals surface area (Å²) in [6, 6.07) is 8.71. The van der Waals surface area contributed by atoms with Gasteiger partial charge in [-0.15, -0.1) is 11.3 Å². The Hall–Kier alpha value is -1.96. The monoisotopic (exact) mass is 365 g/mol. The van der Waals surface area contributed by atoms with E-state index < -0.39 is 5.97 Å². The summed E-state index contributed by atoms with van der Waals surface area (Å²) in [6.07, 6.45) is 0. The predicted octanol–water partition coefficient (Wildman–Crippen LogP) is 4.22. The van der Waals surface area contributed by atoms with Crippen molar-refractivity contribution in [2.24, 2.45) is 10.2 Å². The Morgan fingerprint density at radius 3 is 2.83 bits per heavy atom. The minimum absolute atomic E-state index is 0.0267. The van der Waals surface area contributed by atoms with Crippen LogP contribution in [-0.2, 0) is 11.3 Å². The first-order valence-corrected chi connectivity index (χ1v) is 8.64. The Morgan fingerprint density at radius 1 is 1.29 bits per heavy atom. The number of carbonyl (C=O) groups is 1. The van der Waals surface area contributed by atoms with Gasteiger partial charge in [0, 0.05) is 18.0 Å². The van der Waals surface area contributed by atoms with E-state index in [1.165, 1.54) is 17.1 Å². The summed E-state index contributed by atoms with van der Waals surface area (Å²) in [5.74, 6) is -1.08. The van der Waals surface area contributed by atoms with Crippen LogP contribution in [0.4, 0.5) is 10.7 Å². The lowest BCUT2D eigenvalue weighted by molar-refractivity contribution is 0.0697. The van der Waals surface area contributed by atoms with Gasteiger partial charge in [0.1, 0.15) is 0 Å². The second kappa shape index (κ2) is 7.74. The van der Waals surface area contributed by atoms with Crippen LogP contribution >= 0.6 is 22.9 Å². The van der Waals surface area contributed by atoms with Crippen LogP contribution in [0.2, 0.25) is 5.02 Å². The molecule has 1 saturated heterocycles. The van der Waals surface area contributed by atoms with Crippen LogP contribution in [0.3, 0.4) is 0 Å². The highest BCUT2D eigenvalue weighted by molar-refractivity contribution is 7.16. The Balaban J connectivity index is 1.63. The lowest BCUT2D eigenvalue weighted by Crippen LogP contribution is -2.35. The third kappa shape index (κ3) is 4.11. The summed E-state index contributed by atoms with van der Waals surface area (Å²) >= 11 is 7.52. The molecule has 1 aliphatic heterocycles. The SMILES string of the molecule is O=C(O)c1cc(N=NCc2ccc(N3CCOCC3)s2)ccc1Cl. The fourth-order valence-electron chi connectivity index (χ4n) is 2.33. The molecule has 126 valence electrons. The van der Waals surface area contributed by atoms with Crippen molar-refractivity contribution in [2.75, 3.05) is 31.2 Å². The zero-order valence-corrected chi connectivity index (χ0v) is 14.4. The van der Waals surface area contributed by atoms with Gasteiger partial charge in [0.25, 0.3) is 0 Å². The number of halogens is 1. The van der Waals surface area contributed by atoms with Gasteiger partial charge < -0.3 is 14.7 Å². The topological polar surface area (TPSA) is 74.5 Å². The molecule has 0 atom stereocenters. The molecule has 8 heteroatoms. The fraction of sp³-hybridized carbons (Fsp3) is 0.312. The first-order valence-electron chi connectivity index (χ1n) is 7.45. The van der Waals surface area contributed by atoms with Crippen molar-refractivity contribution < 1.29 is 14.6 Å². The molecular weight excluding hydrogens is 350 g/mol. The highest BCUT2D eigenvalue weighted by Gasteiger charge is 2.13. The first kappa shape index (κ1) is 16.9. The van der Waals surface area contributed by atoms with Crippen molar-refractivity contribution in [3.8, 4) is 0 Å². The van der Waals surface area contributed by atoms with Gasteiger partial charge in [-0.05, 0) is 30.3 Å². The maximum absolute atomic E-state index is 11.1. The van der Waals surface area contributed by atoms with Gasteiger partial charge in [-0.3, -0.25) is 0 Å². The van der Waals surface area contributed by atoms with Crippen molar-refractivity contribution in [3.63, 3.8) is 0 Å². The quantitative estimate of drug-likeness (QED) is 0.805. The van der Waals surface area contributed by atoms with E-state index in [2.05, 4.69) is 21.2 Å². The van der Waals surface area contributed by atoms with Crippen LogP contribution in [-0.4, -0.2) is 37.4 Å². The summed E-state index contributed by atoms with van der Waals surface area (Å²) < 4.78 is 5.35. The minimum Gasteiger partial charge on any atom is -0.478 e. The van der Waals surface area contributed by atoms with E-state index in [0.717, 1.165) is 31.2 Å². The molecule has 0 radical (unpaired) electrons. The normalized spacial score (nSPS) is 15.1. The lowest BCUT2D eigenvalue weighted by atomic mass is 10.2. The Morgan fingerprint density at radius 2 is 2.08 bits per heavy atom. The van der Waals surface area contributed by atoms with Crippen molar-refractivity contribution in [1.29, 1.82) is 0 Å². The number of hydrogen-bond acceptors (Lipinski definition) is 6. The number of hydrogen-bond donors (Lipinski definition) is 1. The molecule has 1 aliphatic rings. The van der Waals surface area contributed by atoms with E-state index in [1.807, 2.05) is 6.07 Å². The molecule has 2 heterocycles. The summed E-state index contributed by atoms with van der Waals surface area (Å²) in [5, 5.41) is 18.7. The summed E-state index contributed by atoms with van der Waals surface area (Å²) in [4.78, 5) is 14.5. The van der Waals surface area contributed by atoms with Gasteiger partial charge in [0.2, 0.25) is 0 Å². The van der Waals surface area contributed by atoms with Crippen LogP contribution in [0.25, 0.3) is 0 Å². The Bertz CT molecular complexity index is 757. The largest absolute Gasteiger partial charge is 0.478 e. The fourth-order valence-corrected chi connectivity index (χ4v) is 3.50. The molecule has 1 fully saturated rings. The zero-order valence-electron chi connectivity index (χ0n) is 12.8. The van der Waals surface area contributed by atoms with Gasteiger partial charge in [0.15, 0.2) is 0 Å². The number of morpholine rings is 1. The van der Waals surface area contributed by atoms with Crippen molar-refractivity contribution in [2.45, 2.75) is 6.54 Å². The van der Waals surface area contributed by atoms with E-state index in [1.54, 1.807) is 17.4 Å². The molecule has 3 rings (SSSR count). The van der Waals surface area contributed by atoms with Gasteiger partial charge in [-0.25, -0.2) is 4.79 Å². The zero-order chi connectivity index (χ0) is 16.9. The number of anilines is 1. The number of benzene rings is 1. The van der Waals surface area contributed by atoms with Crippen molar-refractivity contribution in [1.82, 2.24) is 0 Å². The third-order valence-electron chi connectivity index (χ3n) is 3.56. The molecule has 0 saturated carbocycles. The maximum Gasteiger partial charge on any atom is 0.337 e. The predicted molar refractivity (Wildman–Crippen MR) is 94.0 cm³/mol. The second-order valence-electron chi connectivity index (χ2n) is 5.21. The van der Waals surface area contributed by atoms with Gasteiger partial charge in [0.05, 0.1) is 41.0 Å². The minimum atomic E-state index is -1.08. The first-order chi connectivity index (χ1) is 11.6. The maximum atomic E-state index is 11.1. The Labute approximate surface area is 148 Å². The standard InChI is InChI=1S/C16H16ClN3O3S/c17-14-3-1-11(9-13(14)16(21)22)19-18-10-12-2-4-15(24-12)20-5-7-23-8-6-20/h1-4,9H,5-8,10H2,(H,21,22). The lowest BCUT2D eigenvalue weighted by Gasteiger charge is -2.27. The molecule has 2 aromatic rings. The van der Waals surface area contributed by atoms with E-state index >= 15 is 0 Å². The molecule has 0 unspecified atom stereocenters. The van der Waals surface area contributed by atoms with E-state index in [0.29, 0.717) is 12.2 Å². The highest BCUT2D eigenvalue weighted by atomic mass is 35.5. The molecule has 1 N–H and O–H groups in total. The average Bonchev–Trinajstić information content (AvgIpc) is 3.06. The number of carboxylic acids is 1. The molecule has 0 amide bonds. The molecule has 0 spiro atoms. The summed E-state index contributed by atoms with van der Waals surface area (Å²) in [6.45, 7) is 3.79. The number of carboxylic acid groups (broad SMARTS) is 1. The van der Waals surface area contributed by atoms with Crippen LogP contribution < -0.4 is 4.90 Å². The molecule has 24 heavy (non-hydrogen) atoms. The number of aromatic carboxylic acids is 1. The highest BCUT2D eigenvalue weighted by Crippen LogP contribution is 2.28. The number of azo groups is 1. The molecule has 0 aliphatic carbocycles. The number of ether oxygens (including phenoxy) is 1. The molecule has 1 aromatic heterocycles. The second-order valence-corrected chi connectivity index (χ2v) is 6.76. The van der Waals surface area contributed by atoms with Crippen molar-refractivity contribution in [3.05, 3.63) is 45.8 Å². The van der Waals surface area contributed by atoms with Crippen LogP contribution in [0, 0.1) is 0 Å². The molecule has 6 nitrogen and oxygen atoms in total. The van der Waals surface area contributed by atoms with Crippen LogP contribution in [0.15, 0.2) is 40.6 Å². The molecule has 0 bridgehead atoms. The van der Waals surface area contributed by atoms with E-state index in [4.69, 9.17) is 21.4 Å². The van der Waals surface area contributed by atoms with Gasteiger partial charge in [-0.2, -0.15) is 10.2 Å². The molecule has 1 aromatic carbocycles. The number of rotatable bonds is 5. The van der Waals surface area contributed by atoms with Gasteiger partial charge >= 0.3 is 5.97 Å². The van der Waals surface area contributed by atoms with Crippen molar-refractivity contribution >= 4 is 39.6 Å². The van der Waals surface area contributed by atoms with E-state index in [-0.39, 0.29) is 10.6 Å². The van der Waals surface area contributed by atoms with Gasteiger partial charge in [-0.1, -0.05) is 11.6 Å². The van der Waals surface area contributed by atoms with Crippen LogP contribution in [0.5, 0.6) is 0 Å². The van der Waals surface area contributed by atoms with Crippen LogP contribution in [0.1, 0.15) is 15.2 Å². The summed E-state index contributed by atoms with van der Waals surface area (Å²) in [7, 11) is 0. The van der Waals surface area contributed by atoms with E-state index in [9.17, 15) is 4.79 Å². The smallest absolute Gasteiger partial charge is 0.337 e. The third-order valence-corrected chi connectivity index (χ3v) is 5.02. The summed E-state index contributed by atoms with van der Waals surface area (Å²) in [5.41, 5.74) is 0.501. The number of nitrogens with zero attached hydrogens (tertiary/aromatic N) is 3. The Kier molecular flexibility index (Phi) is 5.44. The average molecular weight is 366 g/mol. The molecular formula is C16H16ClN3O3S. The number of thiophene rings is 1.